The molecule has 5 nitrogen and oxygen atoms in total. The van der Waals surface area contributed by atoms with Crippen LogP contribution >= 0.6 is 23.2 Å². The number of rotatable bonds is 4. The van der Waals surface area contributed by atoms with Gasteiger partial charge in [0.2, 0.25) is 0 Å². The second-order valence-electron chi connectivity index (χ2n) is 3.11. The van der Waals surface area contributed by atoms with Crippen LogP contribution < -0.4 is 15.6 Å². The first-order valence-electron chi connectivity index (χ1n) is 4.82. The zero-order chi connectivity index (χ0) is 13.5. The molecular weight excluding hydrogens is 279 g/mol. The van der Waals surface area contributed by atoms with Crippen LogP contribution in [0.15, 0.2) is 30.9 Å². The predicted molar refractivity (Wildman–Crippen MR) is 68.4 cm³/mol. The summed E-state index contributed by atoms with van der Waals surface area (Å²) in [5.74, 6) is -0.635. The number of halogens is 2. The van der Waals surface area contributed by atoms with Crippen molar-refractivity contribution in [3.63, 3.8) is 0 Å². The number of carbonyl (C=O) groups excluding carboxylic acids is 2. The molecule has 7 heteroatoms. The third-order valence-electron chi connectivity index (χ3n) is 1.77. The summed E-state index contributed by atoms with van der Waals surface area (Å²) in [5.41, 5.74) is 4.24. The van der Waals surface area contributed by atoms with Crippen molar-refractivity contribution in [3.05, 3.63) is 40.9 Å². The van der Waals surface area contributed by atoms with Crippen LogP contribution in [-0.4, -0.2) is 18.4 Å². The second-order valence-corrected chi connectivity index (χ2v) is 3.92. The summed E-state index contributed by atoms with van der Waals surface area (Å²) in [4.78, 5) is 22.0. The molecular formula is C11H10Cl2N2O3. The van der Waals surface area contributed by atoms with Crippen LogP contribution in [0.5, 0.6) is 5.75 Å². The SMILES string of the molecule is C=CC(=O)NNC(=O)COc1ccc(Cl)c(Cl)c1. The molecule has 0 atom stereocenters. The maximum Gasteiger partial charge on any atom is 0.276 e. The largest absolute Gasteiger partial charge is 0.484 e. The van der Waals surface area contributed by atoms with Gasteiger partial charge in [0, 0.05) is 6.07 Å². The molecule has 18 heavy (non-hydrogen) atoms. The molecule has 1 rings (SSSR count). The highest BCUT2D eigenvalue weighted by Gasteiger charge is 2.05. The normalized spacial score (nSPS) is 9.44. The Morgan fingerprint density at radius 2 is 2.00 bits per heavy atom. The lowest BCUT2D eigenvalue weighted by atomic mass is 10.3. The van der Waals surface area contributed by atoms with E-state index >= 15 is 0 Å². The number of amides is 2. The maximum absolute atomic E-state index is 11.2. The van der Waals surface area contributed by atoms with E-state index in [9.17, 15) is 9.59 Å². The Kier molecular flexibility index (Phi) is 5.48. The summed E-state index contributed by atoms with van der Waals surface area (Å²) in [6, 6.07) is 4.61. The van der Waals surface area contributed by atoms with Crippen molar-refractivity contribution in [2.45, 2.75) is 0 Å². The first kappa shape index (κ1) is 14.3. The van der Waals surface area contributed by atoms with E-state index in [2.05, 4.69) is 17.4 Å². The van der Waals surface area contributed by atoms with E-state index in [0.29, 0.717) is 15.8 Å². The van der Waals surface area contributed by atoms with Gasteiger partial charge in [-0.2, -0.15) is 0 Å². The molecule has 0 saturated heterocycles. The van der Waals surface area contributed by atoms with Crippen molar-refractivity contribution in [1.82, 2.24) is 10.9 Å². The lowest BCUT2D eigenvalue weighted by Gasteiger charge is -2.08. The molecule has 0 unspecified atom stereocenters. The Morgan fingerprint density at radius 1 is 1.28 bits per heavy atom. The first-order valence-corrected chi connectivity index (χ1v) is 5.57. The molecule has 2 amide bonds. The number of hydrogen-bond acceptors (Lipinski definition) is 3. The average molecular weight is 289 g/mol. The molecule has 0 spiro atoms. The van der Waals surface area contributed by atoms with Crippen molar-refractivity contribution < 1.29 is 14.3 Å². The fourth-order valence-electron chi connectivity index (χ4n) is 0.934. The van der Waals surface area contributed by atoms with Crippen molar-refractivity contribution in [1.29, 1.82) is 0 Å². The molecule has 96 valence electrons. The standard InChI is InChI=1S/C11H10Cl2N2O3/c1-2-10(16)14-15-11(17)6-18-7-3-4-8(12)9(13)5-7/h2-5H,1,6H2,(H,14,16)(H,15,17). The summed E-state index contributed by atoms with van der Waals surface area (Å²) in [6.07, 6.45) is 1.03. The van der Waals surface area contributed by atoms with E-state index in [1.54, 1.807) is 12.1 Å². The Bertz CT molecular complexity index is 477. The summed E-state index contributed by atoms with van der Waals surface area (Å²) < 4.78 is 5.14. The summed E-state index contributed by atoms with van der Waals surface area (Å²) in [5, 5.41) is 0.723. The number of hydrogen-bond donors (Lipinski definition) is 2. The van der Waals surface area contributed by atoms with Crippen molar-refractivity contribution >= 4 is 35.0 Å². The van der Waals surface area contributed by atoms with Crippen molar-refractivity contribution in [3.8, 4) is 5.75 Å². The van der Waals surface area contributed by atoms with Crippen LogP contribution in [-0.2, 0) is 9.59 Å². The predicted octanol–water partition coefficient (Wildman–Crippen LogP) is 1.71. The first-order chi connectivity index (χ1) is 8.52. The van der Waals surface area contributed by atoms with Crippen LogP contribution in [0.3, 0.4) is 0 Å². The van der Waals surface area contributed by atoms with Gasteiger partial charge in [0.25, 0.3) is 11.8 Å². The van der Waals surface area contributed by atoms with Crippen LogP contribution in [0.1, 0.15) is 0 Å². The molecule has 2 N–H and O–H groups in total. The van der Waals surface area contributed by atoms with Crippen molar-refractivity contribution in [2.75, 3.05) is 6.61 Å². The maximum atomic E-state index is 11.2. The van der Waals surface area contributed by atoms with Gasteiger partial charge >= 0.3 is 0 Å². The van der Waals surface area contributed by atoms with Gasteiger partial charge in [-0.05, 0) is 18.2 Å². The third kappa shape index (κ3) is 4.65. The lowest BCUT2D eigenvalue weighted by molar-refractivity contribution is -0.128. The zero-order valence-electron chi connectivity index (χ0n) is 9.20. The van der Waals surface area contributed by atoms with E-state index < -0.39 is 11.8 Å². The minimum atomic E-state index is -0.517. The Labute approximate surface area is 114 Å². The molecule has 0 aliphatic carbocycles. The van der Waals surface area contributed by atoms with Crippen LogP contribution in [0.25, 0.3) is 0 Å². The highest BCUT2D eigenvalue weighted by molar-refractivity contribution is 6.42. The minimum Gasteiger partial charge on any atom is -0.484 e. The number of carbonyl (C=O) groups is 2. The van der Waals surface area contributed by atoms with Gasteiger partial charge in [0.05, 0.1) is 10.0 Å². The quantitative estimate of drug-likeness (QED) is 0.655. The fraction of sp³-hybridized carbons (Fsp3) is 0.0909. The fourth-order valence-corrected chi connectivity index (χ4v) is 1.22. The highest BCUT2D eigenvalue weighted by atomic mass is 35.5. The Balaban J connectivity index is 2.40. The molecule has 0 aliphatic rings. The van der Waals surface area contributed by atoms with Crippen LogP contribution in [0.2, 0.25) is 10.0 Å². The highest BCUT2D eigenvalue weighted by Crippen LogP contribution is 2.26. The molecule has 0 heterocycles. The number of ether oxygens (including phenoxy) is 1. The summed E-state index contributed by atoms with van der Waals surface area (Å²) >= 11 is 11.5. The smallest absolute Gasteiger partial charge is 0.276 e. The molecule has 0 aromatic heterocycles. The van der Waals surface area contributed by atoms with E-state index in [4.69, 9.17) is 27.9 Å². The van der Waals surface area contributed by atoms with E-state index in [1.165, 1.54) is 6.07 Å². The third-order valence-corrected chi connectivity index (χ3v) is 2.51. The minimum absolute atomic E-state index is 0.268. The molecule has 1 aromatic carbocycles. The van der Waals surface area contributed by atoms with E-state index in [-0.39, 0.29) is 6.61 Å². The molecule has 0 radical (unpaired) electrons. The lowest BCUT2D eigenvalue weighted by Crippen LogP contribution is -2.43. The Morgan fingerprint density at radius 3 is 2.61 bits per heavy atom. The number of nitrogens with one attached hydrogen (secondary N) is 2. The van der Waals surface area contributed by atoms with Gasteiger partial charge in [0.1, 0.15) is 5.75 Å². The summed E-state index contributed by atoms with van der Waals surface area (Å²) in [7, 11) is 0. The summed E-state index contributed by atoms with van der Waals surface area (Å²) in [6.45, 7) is 2.96. The van der Waals surface area contributed by atoms with Gasteiger partial charge in [-0.1, -0.05) is 29.8 Å². The second kappa shape index (κ2) is 6.88. The molecule has 0 saturated carbocycles. The van der Waals surface area contributed by atoms with Gasteiger partial charge < -0.3 is 4.74 Å². The van der Waals surface area contributed by atoms with Gasteiger partial charge in [0.15, 0.2) is 6.61 Å². The zero-order valence-corrected chi connectivity index (χ0v) is 10.7. The number of hydrazine groups is 1. The average Bonchev–Trinajstić information content (AvgIpc) is 2.37. The molecule has 1 aromatic rings. The van der Waals surface area contributed by atoms with Gasteiger partial charge in [-0.3, -0.25) is 20.4 Å². The molecule has 0 fully saturated rings. The van der Waals surface area contributed by atoms with Gasteiger partial charge in [-0.15, -0.1) is 0 Å². The molecule has 0 bridgehead atoms. The van der Waals surface area contributed by atoms with Crippen LogP contribution in [0, 0.1) is 0 Å². The van der Waals surface area contributed by atoms with Crippen LogP contribution in [0.4, 0.5) is 0 Å². The topological polar surface area (TPSA) is 67.4 Å². The van der Waals surface area contributed by atoms with E-state index in [0.717, 1.165) is 6.08 Å². The monoisotopic (exact) mass is 288 g/mol. The van der Waals surface area contributed by atoms with E-state index in [1.807, 2.05) is 0 Å². The van der Waals surface area contributed by atoms with Gasteiger partial charge in [-0.25, -0.2) is 0 Å². The molecule has 0 aliphatic heterocycles. The van der Waals surface area contributed by atoms with Crippen molar-refractivity contribution in [2.24, 2.45) is 0 Å². The Hall–Kier alpha value is -1.72. The number of benzene rings is 1.